The largest absolute Gasteiger partial charge is 0.497 e. The van der Waals surface area contributed by atoms with Gasteiger partial charge < -0.3 is 9.47 Å². The van der Waals surface area contributed by atoms with Crippen LogP contribution in [0.25, 0.3) is 0 Å². The first kappa shape index (κ1) is 17.1. The maximum absolute atomic E-state index is 11.8. The first-order valence-electron chi connectivity index (χ1n) is 7.81. The van der Waals surface area contributed by atoms with Crippen LogP contribution in [0.5, 0.6) is 11.5 Å². The minimum absolute atomic E-state index is 0.0238. The molecule has 0 aliphatic heterocycles. The summed E-state index contributed by atoms with van der Waals surface area (Å²) in [6.07, 6.45) is 4.05. The van der Waals surface area contributed by atoms with Gasteiger partial charge in [-0.1, -0.05) is 18.9 Å². The summed E-state index contributed by atoms with van der Waals surface area (Å²) in [6, 6.07) is 7.45. The summed E-state index contributed by atoms with van der Waals surface area (Å²) >= 11 is 0. The highest BCUT2D eigenvalue weighted by molar-refractivity contribution is 7.89. The van der Waals surface area contributed by atoms with Crippen molar-refractivity contribution in [3.8, 4) is 11.5 Å². The van der Waals surface area contributed by atoms with E-state index in [0.29, 0.717) is 6.61 Å². The highest BCUT2D eigenvalue weighted by Crippen LogP contribution is 2.27. The van der Waals surface area contributed by atoms with E-state index >= 15 is 0 Å². The Morgan fingerprint density at radius 3 is 2.68 bits per heavy atom. The Bertz CT molecular complexity index is 573. The van der Waals surface area contributed by atoms with Crippen LogP contribution in [-0.4, -0.2) is 33.9 Å². The molecule has 5 nitrogen and oxygen atoms in total. The second-order valence-corrected chi connectivity index (χ2v) is 7.70. The van der Waals surface area contributed by atoms with Crippen LogP contribution in [0.1, 0.15) is 32.6 Å². The zero-order chi connectivity index (χ0) is 16.0. The van der Waals surface area contributed by atoms with E-state index in [1.807, 2.05) is 24.3 Å². The molecule has 0 bridgehead atoms. The quantitative estimate of drug-likeness (QED) is 0.836. The lowest BCUT2D eigenvalue weighted by Crippen LogP contribution is -2.44. The van der Waals surface area contributed by atoms with Gasteiger partial charge in [-0.15, -0.1) is 0 Å². The fraction of sp³-hybridized carbons (Fsp3) is 0.625. The molecule has 1 aromatic carbocycles. The monoisotopic (exact) mass is 327 g/mol. The van der Waals surface area contributed by atoms with Gasteiger partial charge in [-0.3, -0.25) is 0 Å². The van der Waals surface area contributed by atoms with Crippen LogP contribution in [0, 0.1) is 5.92 Å². The van der Waals surface area contributed by atoms with Crippen molar-refractivity contribution in [2.75, 3.05) is 19.5 Å². The summed E-state index contributed by atoms with van der Waals surface area (Å²) in [7, 11) is -1.55. The van der Waals surface area contributed by atoms with Gasteiger partial charge in [-0.2, -0.15) is 0 Å². The molecule has 1 aliphatic rings. The lowest BCUT2D eigenvalue weighted by atomic mass is 9.86. The molecule has 0 unspecified atom stereocenters. The lowest BCUT2D eigenvalue weighted by Gasteiger charge is -2.31. The van der Waals surface area contributed by atoms with Crippen molar-refractivity contribution in [3.63, 3.8) is 0 Å². The second kappa shape index (κ2) is 7.83. The third-order valence-corrected chi connectivity index (χ3v) is 5.55. The van der Waals surface area contributed by atoms with Gasteiger partial charge in [0, 0.05) is 18.0 Å². The Morgan fingerprint density at radius 1 is 1.23 bits per heavy atom. The normalized spacial score (nSPS) is 22.3. The fourth-order valence-electron chi connectivity index (χ4n) is 2.77. The highest BCUT2D eigenvalue weighted by Gasteiger charge is 2.28. The topological polar surface area (TPSA) is 64.6 Å². The predicted molar refractivity (Wildman–Crippen MR) is 86.8 cm³/mol. The summed E-state index contributed by atoms with van der Waals surface area (Å²) in [5.41, 5.74) is 0. The maximum Gasteiger partial charge on any atom is 0.211 e. The first-order chi connectivity index (χ1) is 10.5. The Kier molecular flexibility index (Phi) is 6.08. The van der Waals surface area contributed by atoms with Crippen molar-refractivity contribution >= 4 is 10.0 Å². The van der Waals surface area contributed by atoms with Gasteiger partial charge in [-0.25, -0.2) is 13.1 Å². The highest BCUT2D eigenvalue weighted by atomic mass is 32.2. The molecule has 124 valence electrons. The van der Waals surface area contributed by atoms with Crippen molar-refractivity contribution < 1.29 is 17.9 Å². The SMILES string of the molecule is CCS(=O)(=O)N[C@H]1CCCC[C@@H]1COc1cccc(OC)c1. The first-order valence-corrected chi connectivity index (χ1v) is 9.46. The summed E-state index contributed by atoms with van der Waals surface area (Å²) in [5.74, 6) is 1.83. The van der Waals surface area contributed by atoms with Crippen LogP contribution < -0.4 is 14.2 Å². The minimum atomic E-state index is -3.17. The number of ether oxygens (including phenoxy) is 2. The zero-order valence-electron chi connectivity index (χ0n) is 13.2. The number of hydrogen-bond acceptors (Lipinski definition) is 4. The second-order valence-electron chi connectivity index (χ2n) is 5.66. The van der Waals surface area contributed by atoms with Crippen LogP contribution in [-0.2, 0) is 10.0 Å². The third-order valence-electron chi connectivity index (χ3n) is 4.13. The van der Waals surface area contributed by atoms with Crippen LogP contribution in [0.3, 0.4) is 0 Å². The van der Waals surface area contributed by atoms with E-state index in [1.54, 1.807) is 14.0 Å². The molecule has 0 radical (unpaired) electrons. The Morgan fingerprint density at radius 2 is 1.95 bits per heavy atom. The van der Waals surface area contributed by atoms with E-state index in [4.69, 9.17) is 9.47 Å². The van der Waals surface area contributed by atoms with Gasteiger partial charge in [0.1, 0.15) is 11.5 Å². The smallest absolute Gasteiger partial charge is 0.211 e. The average molecular weight is 327 g/mol. The Labute approximate surface area is 133 Å². The van der Waals surface area contributed by atoms with E-state index < -0.39 is 10.0 Å². The summed E-state index contributed by atoms with van der Waals surface area (Å²) in [6.45, 7) is 2.18. The number of benzene rings is 1. The molecule has 2 rings (SSSR count). The number of hydrogen-bond donors (Lipinski definition) is 1. The molecule has 0 heterocycles. The van der Waals surface area contributed by atoms with E-state index in [-0.39, 0.29) is 17.7 Å². The molecule has 0 saturated heterocycles. The fourth-order valence-corrected chi connectivity index (χ4v) is 3.71. The zero-order valence-corrected chi connectivity index (χ0v) is 14.1. The molecule has 1 fully saturated rings. The van der Waals surface area contributed by atoms with Crippen LogP contribution >= 0.6 is 0 Å². The van der Waals surface area contributed by atoms with Gasteiger partial charge in [0.25, 0.3) is 0 Å². The molecule has 22 heavy (non-hydrogen) atoms. The Hall–Kier alpha value is -1.27. The van der Waals surface area contributed by atoms with Gasteiger partial charge in [0.15, 0.2) is 0 Å². The molecule has 6 heteroatoms. The van der Waals surface area contributed by atoms with Gasteiger partial charge in [-0.05, 0) is 31.9 Å². The molecule has 0 amide bonds. The third kappa shape index (κ3) is 4.88. The molecule has 2 atom stereocenters. The van der Waals surface area contributed by atoms with Crippen LogP contribution in [0.4, 0.5) is 0 Å². The van der Waals surface area contributed by atoms with Crippen LogP contribution in [0.2, 0.25) is 0 Å². The van der Waals surface area contributed by atoms with Crippen molar-refractivity contribution in [1.82, 2.24) is 4.72 Å². The van der Waals surface area contributed by atoms with E-state index in [0.717, 1.165) is 37.2 Å². The number of nitrogens with one attached hydrogen (secondary N) is 1. The van der Waals surface area contributed by atoms with Crippen molar-refractivity contribution in [2.45, 2.75) is 38.6 Å². The van der Waals surface area contributed by atoms with E-state index in [9.17, 15) is 8.42 Å². The Balaban J connectivity index is 1.96. The van der Waals surface area contributed by atoms with Gasteiger partial charge >= 0.3 is 0 Å². The number of sulfonamides is 1. The molecular weight excluding hydrogens is 302 g/mol. The number of methoxy groups -OCH3 is 1. The summed E-state index contributed by atoms with van der Waals surface area (Å²) < 4.78 is 37.5. The van der Waals surface area contributed by atoms with E-state index in [2.05, 4.69) is 4.72 Å². The standard InChI is InChI=1S/C16H25NO4S/c1-3-22(18,19)17-16-10-5-4-7-13(16)12-21-15-9-6-8-14(11-15)20-2/h6,8-9,11,13,16-17H,3-5,7,10,12H2,1-2H3/t13-,16+/m1/s1. The predicted octanol–water partition coefficient (Wildman–Crippen LogP) is 2.57. The van der Waals surface area contributed by atoms with Crippen molar-refractivity contribution in [2.24, 2.45) is 5.92 Å². The molecule has 1 aromatic rings. The lowest BCUT2D eigenvalue weighted by molar-refractivity contribution is 0.180. The molecule has 1 saturated carbocycles. The van der Waals surface area contributed by atoms with Crippen molar-refractivity contribution in [3.05, 3.63) is 24.3 Å². The maximum atomic E-state index is 11.8. The van der Waals surface area contributed by atoms with E-state index in [1.165, 1.54) is 0 Å². The average Bonchev–Trinajstić information content (AvgIpc) is 2.54. The molecule has 1 N–H and O–H groups in total. The van der Waals surface area contributed by atoms with Gasteiger partial charge in [0.05, 0.1) is 19.5 Å². The molecular formula is C16H25NO4S. The van der Waals surface area contributed by atoms with Crippen LogP contribution in [0.15, 0.2) is 24.3 Å². The number of rotatable bonds is 7. The molecule has 0 aromatic heterocycles. The molecule has 1 aliphatic carbocycles. The summed E-state index contributed by atoms with van der Waals surface area (Å²) in [5, 5.41) is 0. The van der Waals surface area contributed by atoms with Crippen molar-refractivity contribution in [1.29, 1.82) is 0 Å². The molecule has 0 spiro atoms. The minimum Gasteiger partial charge on any atom is -0.497 e. The van der Waals surface area contributed by atoms with Gasteiger partial charge in [0.2, 0.25) is 10.0 Å². The summed E-state index contributed by atoms with van der Waals surface area (Å²) in [4.78, 5) is 0.